The predicted molar refractivity (Wildman–Crippen MR) is 81.4 cm³/mol. The second-order valence-corrected chi connectivity index (χ2v) is 5.68. The molecule has 0 aliphatic rings. The van der Waals surface area contributed by atoms with Crippen molar-refractivity contribution in [1.82, 2.24) is 5.32 Å². The number of hydrogen-bond acceptors (Lipinski definition) is 5. The highest BCUT2D eigenvalue weighted by Gasteiger charge is 2.16. The van der Waals surface area contributed by atoms with Gasteiger partial charge in [0, 0.05) is 25.1 Å². The molecule has 0 radical (unpaired) electrons. The van der Waals surface area contributed by atoms with Gasteiger partial charge in [-0.15, -0.1) is 0 Å². The standard InChI is InChI=1S/C15H24N2O4/c1-11(2)7-16-8-13-4-5-14(17(19)20)15(6-13)21-10-12(3)9-18/h4-6,11-12,16,18H,7-10H2,1-3H3. The molecule has 0 bridgehead atoms. The lowest BCUT2D eigenvalue weighted by Gasteiger charge is -2.12. The topological polar surface area (TPSA) is 84.6 Å². The first-order chi connectivity index (χ1) is 9.93. The number of aliphatic hydroxyl groups is 1. The van der Waals surface area contributed by atoms with Crippen molar-refractivity contribution in [3.63, 3.8) is 0 Å². The van der Waals surface area contributed by atoms with Gasteiger partial charge in [-0.2, -0.15) is 0 Å². The Kier molecular flexibility index (Phi) is 7.11. The molecule has 21 heavy (non-hydrogen) atoms. The van der Waals surface area contributed by atoms with E-state index in [4.69, 9.17) is 9.84 Å². The Morgan fingerprint density at radius 3 is 2.67 bits per heavy atom. The molecule has 0 saturated heterocycles. The summed E-state index contributed by atoms with van der Waals surface area (Å²) in [5, 5.41) is 23.3. The van der Waals surface area contributed by atoms with E-state index in [1.165, 1.54) is 6.07 Å². The molecule has 118 valence electrons. The van der Waals surface area contributed by atoms with Gasteiger partial charge in [0.15, 0.2) is 5.75 Å². The zero-order valence-corrected chi connectivity index (χ0v) is 12.8. The van der Waals surface area contributed by atoms with E-state index >= 15 is 0 Å². The third kappa shape index (κ3) is 6.10. The quantitative estimate of drug-likeness (QED) is 0.540. The van der Waals surface area contributed by atoms with E-state index in [1.54, 1.807) is 12.1 Å². The minimum atomic E-state index is -0.454. The van der Waals surface area contributed by atoms with E-state index in [1.807, 2.05) is 6.92 Å². The van der Waals surface area contributed by atoms with Crippen molar-refractivity contribution in [2.24, 2.45) is 11.8 Å². The van der Waals surface area contributed by atoms with Crippen LogP contribution in [-0.2, 0) is 6.54 Å². The summed E-state index contributed by atoms with van der Waals surface area (Å²) < 4.78 is 5.49. The number of nitro groups is 1. The van der Waals surface area contributed by atoms with Gasteiger partial charge in [0.25, 0.3) is 0 Å². The predicted octanol–water partition coefficient (Wildman–Crippen LogP) is 2.35. The van der Waals surface area contributed by atoms with E-state index < -0.39 is 4.92 Å². The molecule has 1 rings (SSSR count). The van der Waals surface area contributed by atoms with Crippen molar-refractivity contribution >= 4 is 5.69 Å². The van der Waals surface area contributed by atoms with Gasteiger partial charge in [0.1, 0.15) is 0 Å². The first kappa shape index (κ1) is 17.4. The summed E-state index contributed by atoms with van der Waals surface area (Å²) in [5.41, 5.74) is 0.889. The molecule has 6 nitrogen and oxygen atoms in total. The Hall–Kier alpha value is -1.66. The first-order valence-corrected chi connectivity index (χ1v) is 7.15. The Morgan fingerprint density at radius 1 is 1.38 bits per heavy atom. The van der Waals surface area contributed by atoms with Gasteiger partial charge < -0.3 is 15.2 Å². The average Bonchev–Trinajstić information content (AvgIpc) is 2.44. The molecule has 1 aromatic rings. The van der Waals surface area contributed by atoms with Gasteiger partial charge in [-0.05, 0) is 24.1 Å². The molecule has 1 unspecified atom stereocenters. The first-order valence-electron chi connectivity index (χ1n) is 7.15. The number of nitrogens with zero attached hydrogens (tertiary/aromatic N) is 1. The van der Waals surface area contributed by atoms with Crippen LogP contribution in [0.3, 0.4) is 0 Å². The minimum Gasteiger partial charge on any atom is -0.486 e. The molecule has 0 spiro atoms. The number of aliphatic hydroxyl groups excluding tert-OH is 1. The largest absolute Gasteiger partial charge is 0.486 e. The van der Waals surface area contributed by atoms with Crippen molar-refractivity contribution < 1.29 is 14.8 Å². The fourth-order valence-corrected chi connectivity index (χ4v) is 1.72. The van der Waals surface area contributed by atoms with Crippen LogP contribution in [0.15, 0.2) is 18.2 Å². The zero-order chi connectivity index (χ0) is 15.8. The maximum Gasteiger partial charge on any atom is 0.310 e. The van der Waals surface area contributed by atoms with Gasteiger partial charge in [-0.3, -0.25) is 10.1 Å². The van der Waals surface area contributed by atoms with Crippen molar-refractivity contribution in [3.8, 4) is 5.75 Å². The van der Waals surface area contributed by atoms with Gasteiger partial charge in [0.05, 0.1) is 11.5 Å². The molecule has 6 heteroatoms. The highest BCUT2D eigenvalue weighted by molar-refractivity contribution is 5.48. The lowest BCUT2D eigenvalue weighted by atomic mass is 10.1. The second-order valence-electron chi connectivity index (χ2n) is 5.68. The molecule has 1 atom stereocenters. The van der Waals surface area contributed by atoms with Crippen LogP contribution in [0, 0.1) is 22.0 Å². The van der Waals surface area contributed by atoms with E-state index in [2.05, 4.69) is 19.2 Å². The van der Waals surface area contributed by atoms with Gasteiger partial charge in [-0.25, -0.2) is 0 Å². The maximum absolute atomic E-state index is 11.0. The van der Waals surface area contributed by atoms with Gasteiger partial charge >= 0.3 is 5.69 Å². The summed E-state index contributed by atoms with van der Waals surface area (Å²) in [6.07, 6.45) is 0. The fourth-order valence-electron chi connectivity index (χ4n) is 1.72. The summed E-state index contributed by atoms with van der Waals surface area (Å²) in [6, 6.07) is 4.88. The zero-order valence-electron chi connectivity index (χ0n) is 12.8. The van der Waals surface area contributed by atoms with Crippen LogP contribution in [0.2, 0.25) is 0 Å². The smallest absolute Gasteiger partial charge is 0.310 e. The number of benzene rings is 1. The number of rotatable bonds is 9. The Morgan fingerprint density at radius 2 is 2.10 bits per heavy atom. The van der Waals surface area contributed by atoms with Crippen LogP contribution in [0.1, 0.15) is 26.3 Å². The van der Waals surface area contributed by atoms with Crippen LogP contribution in [0.25, 0.3) is 0 Å². The Labute approximate surface area is 125 Å². The summed E-state index contributed by atoms with van der Waals surface area (Å²) in [6.45, 7) is 7.82. The summed E-state index contributed by atoms with van der Waals surface area (Å²) >= 11 is 0. The van der Waals surface area contributed by atoms with E-state index in [0.717, 1.165) is 12.1 Å². The lowest BCUT2D eigenvalue weighted by molar-refractivity contribution is -0.385. The fraction of sp³-hybridized carbons (Fsp3) is 0.600. The van der Waals surface area contributed by atoms with Crippen LogP contribution in [-0.4, -0.2) is 29.8 Å². The van der Waals surface area contributed by atoms with Gasteiger partial charge in [0.2, 0.25) is 0 Å². The Balaban J connectivity index is 2.77. The van der Waals surface area contributed by atoms with Crippen molar-refractivity contribution in [3.05, 3.63) is 33.9 Å². The third-order valence-corrected chi connectivity index (χ3v) is 2.94. The molecule has 0 heterocycles. The molecule has 1 aromatic carbocycles. The summed E-state index contributed by atoms with van der Waals surface area (Å²) in [4.78, 5) is 10.6. The number of nitro benzene ring substituents is 1. The maximum atomic E-state index is 11.0. The van der Waals surface area contributed by atoms with Gasteiger partial charge in [-0.1, -0.05) is 26.8 Å². The highest BCUT2D eigenvalue weighted by Crippen LogP contribution is 2.28. The molecular formula is C15H24N2O4. The number of nitrogens with one attached hydrogen (secondary N) is 1. The molecule has 0 fully saturated rings. The van der Waals surface area contributed by atoms with E-state index in [0.29, 0.717) is 12.5 Å². The Bertz CT molecular complexity index is 463. The normalized spacial score (nSPS) is 12.4. The third-order valence-electron chi connectivity index (χ3n) is 2.94. The monoisotopic (exact) mass is 296 g/mol. The number of hydrogen-bond donors (Lipinski definition) is 2. The summed E-state index contributed by atoms with van der Waals surface area (Å²) in [7, 11) is 0. The van der Waals surface area contributed by atoms with Crippen molar-refractivity contribution in [1.29, 1.82) is 0 Å². The lowest BCUT2D eigenvalue weighted by Crippen LogP contribution is -2.19. The van der Waals surface area contributed by atoms with Crippen LogP contribution >= 0.6 is 0 Å². The highest BCUT2D eigenvalue weighted by atomic mass is 16.6. The van der Waals surface area contributed by atoms with Crippen molar-refractivity contribution in [2.75, 3.05) is 19.8 Å². The SMILES string of the molecule is CC(C)CNCc1ccc([N+](=O)[O-])c(OCC(C)CO)c1. The van der Waals surface area contributed by atoms with Crippen LogP contribution in [0.4, 0.5) is 5.69 Å². The minimum absolute atomic E-state index is 0.0105. The number of ether oxygens (including phenoxy) is 1. The van der Waals surface area contributed by atoms with Crippen LogP contribution in [0.5, 0.6) is 5.75 Å². The van der Waals surface area contributed by atoms with Crippen LogP contribution < -0.4 is 10.1 Å². The molecule has 0 aliphatic heterocycles. The molecular weight excluding hydrogens is 272 g/mol. The average molecular weight is 296 g/mol. The van der Waals surface area contributed by atoms with E-state index in [-0.39, 0.29) is 30.6 Å². The summed E-state index contributed by atoms with van der Waals surface area (Å²) in [5.74, 6) is 0.737. The van der Waals surface area contributed by atoms with Crippen molar-refractivity contribution in [2.45, 2.75) is 27.3 Å². The molecule has 0 aromatic heterocycles. The molecule has 0 aliphatic carbocycles. The molecule has 0 amide bonds. The molecule has 2 N–H and O–H groups in total. The van der Waals surface area contributed by atoms with E-state index in [9.17, 15) is 10.1 Å². The second kappa shape index (κ2) is 8.59. The molecule has 0 saturated carbocycles.